The van der Waals surface area contributed by atoms with Crippen LogP contribution in [0.5, 0.6) is 5.75 Å². The topological polar surface area (TPSA) is 110 Å². The third kappa shape index (κ3) is 3.97. The highest BCUT2D eigenvalue weighted by Gasteiger charge is 2.34. The van der Waals surface area contributed by atoms with Gasteiger partial charge in [0, 0.05) is 7.05 Å². The van der Waals surface area contributed by atoms with E-state index in [2.05, 4.69) is 0 Å². The van der Waals surface area contributed by atoms with Crippen molar-refractivity contribution in [3.63, 3.8) is 0 Å². The number of amides is 2. The smallest absolute Gasteiger partial charge is 0.260 e. The van der Waals surface area contributed by atoms with E-state index < -0.39 is 34.5 Å². The number of anilines is 1. The molecular formula is C22H21N3O5S. The van der Waals surface area contributed by atoms with Crippen molar-refractivity contribution in [2.45, 2.75) is 11.0 Å². The molecular weight excluding hydrogens is 418 g/mol. The number of ether oxygens (including phenoxy) is 1. The van der Waals surface area contributed by atoms with Crippen molar-refractivity contribution in [1.29, 1.82) is 0 Å². The Bertz CT molecular complexity index is 1270. The van der Waals surface area contributed by atoms with Crippen LogP contribution in [0.2, 0.25) is 0 Å². The van der Waals surface area contributed by atoms with Crippen LogP contribution in [0.15, 0.2) is 71.6 Å². The fourth-order valence-corrected chi connectivity index (χ4v) is 4.64. The van der Waals surface area contributed by atoms with Crippen molar-refractivity contribution in [1.82, 2.24) is 4.31 Å². The van der Waals surface area contributed by atoms with Gasteiger partial charge in [-0.25, -0.2) is 8.42 Å². The van der Waals surface area contributed by atoms with Gasteiger partial charge in [-0.05, 0) is 35.0 Å². The fourth-order valence-electron chi connectivity index (χ4n) is 3.49. The van der Waals surface area contributed by atoms with Crippen LogP contribution in [0.4, 0.5) is 5.69 Å². The Hall–Kier alpha value is -3.43. The van der Waals surface area contributed by atoms with Crippen molar-refractivity contribution in [3.05, 3.63) is 66.7 Å². The lowest BCUT2D eigenvalue weighted by Crippen LogP contribution is -2.51. The molecule has 1 heterocycles. The van der Waals surface area contributed by atoms with E-state index in [-0.39, 0.29) is 11.4 Å². The number of primary amides is 1. The van der Waals surface area contributed by atoms with E-state index in [1.165, 1.54) is 18.0 Å². The molecule has 3 aromatic carbocycles. The SMILES string of the molecule is CN(CC(=O)N1C[C@@H](C(N)=O)Oc2ccccc21)S(=O)(=O)c1ccc2ccccc2c1. The Morgan fingerprint density at radius 1 is 1.06 bits per heavy atom. The number of likely N-dealkylation sites (N-methyl/N-ethyl adjacent to an activating group) is 1. The Labute approximate surface area is 179 Å². The van der Waals surface area contributed by atoms with Gasteiger partial charge in [0.1, 0.15) is 5.75 Å². The summed E-state index contributed by atoms with van der Waals surface area (Å²) < 4.78 is 32.7. The lowest BCUT2D eigenvalue weighted by molar-refractivity contribution is -0.125. The van der Waals surface area contributed by atoms with E-state index in [0.717, 1.165) is 15.1 Å². The van der Waals surface area contributed by atoms with Gasteiger partial charge in [-0.2, -0.15) is 4.31 Å². The molecule has 2 amide bonds. The van der Waals surface area contributed by atoms with Crippen molar-refractivity contribution < 1.29 is 22.7 Å². The van der Waals surface area contributed by atoms with Crippen molar-refractivity contribution in [2.75, 3.05) is 25.0 Å². The molecule has 2 N–H and O–H groups in total. The summed E-state index contributed by atoms with van der Waals surface area (Å²) in [6.45, 7) is -0.496. The molecule has 1 atom stereocenters. The van der Waals surface area contributed by atoms with E-state index in [0.29, 0.717) is 11.4 Å². The molecule has 0 unspecified atom stereocenters. The fraction of sp³-hybridized carbons (Fsp3) is 0.182. The van der Waals surface area contributed by atoms with E-state index in [1.54, 1.807) is 36.4 Å². The second-order valence-corrected chi connectivity index (χ2v) is 9.30. The second kappa shape index (κ2) is 8.01. The number of rotatable bonds is 5. The number of hydrogen-bond donors (Lipinski definition) is 1. The number of sulfonamides is 1. The van der Waals surface area contributed by atoms with Gasteiger partial charge in [-0.3, -0.25) is 9.59 Å². The normalized spacial score (nSPS) is 16.1. The molecule has 0 fully saturated rings. The Kier molecular flexibility index (Phi) is 5.38. The van der Waals surface area contributed by atoms with Crippen LogP contribution in [0, 0.1) is 0 Å². The molecule has 3 aromatic rings. The average molecular weight is 439 g/mol. The number of hydrogen-bond acceptors (Lipinski definition) is 5. The minimum atomic E-state index is -3.91. The van der Waals surface area contributed by atoms with E-state index in [1.807, 2.05) is 24.3 Å². The van der Waals surface area contributed by atoms with Gasteiger partial charge >= 0.3 is 0 Å². The van der Waals surface area contributed by atoms with E-state index >= 15 is 0 Å². The molecule has 31 heavy (non-hydrogen) atoms. The summed E-state index contributed by atoms with van der Waals surface area (Å²) in [6, 6.07) is 19.0. The first-order valence-corrected chi connectivity index (χ1v) is 11.0. The Balaban J connectivity index is 1.59. The molecule has 1 aliphatic heterocycles. The van der Waals surface area contributed by atoms with Crippen molar-refractivity contribution in [2.24, 2.45) is 5.73 Å². The monoisotopic (exact) mass is 439 g/mol. The maximum atomic E-state index is 13.1. The summed E-state index contributed by atoms with van der Waals surface area (Å²) in [5, 5.41) is 1.71. The number of nitrogens with zero attached hydrogens (tertiary/aromatic N) is 2. The van der Waals surface area contributed by atoms with Crippen molar-refractivity contribution in [3.8, 4) is 5.75 Å². The lowest BCUT2D eigenvalue weighted by atomic mass is 10.1. The molecule has 0 saturated carbocycles. The highest BCUT2D eigenvalue weighted by atomic mass is 32.2. The summed E-state index contributed by atoms with van der Waals surface area (Å²) in [5.74, 6) is -0.857. The third-order valence-electron chi connectivity index (χ3n) is 5.18. The zero-order valence-corrected chi connectivity index (χ0v) is 17.6. The molecule has 1 aliphatic rings. The van der Waals surface area contributed by atoms with Gasteiger partial charge in [0.25, 0.3) is 5.91 Å². The van der Waals surface area contributed by atoms with Gasteiger partial charge < -0.3 is 15.4 Å². The number of benzene rings is 3. The number of carbonyl (C=O) groups excluding carboxylic acids is 2. The van der Waals surface area contributed by atoms with Crippen LogP contribution in [0.3, 0.4) is 0 Å². The molecule has 4 rings (SSSR count). The Morgan fingerprint density at radius 3 is 2.48 bits per heavy atom. The van der Waals surface area contributed by atoms with Gasteiger partial charge in [-0.1, -0.05) is 42.5 Å². The maximum absolute atomic E-state index is 13.1. The molecule has 160 valence electrons. The molecule has 0 radical (unpaired) electrons. The zero-order chi connectivity index (χ0) is 22.2. The Morgan fingerprint density at radius 2 is 1.74 bits per heavy atom. The first-order chi connectivity index (χ1) is 14.8. The third-order valence-corrected chi connectivity index (χ3v) is 6.98. The number of carbonyl (C=O) groups is 2. The standard InChI is InChI=1S/C22H21N3O5S/c1-24(31(28,29)17-11-10-15-6-2-3-7-16(15)12-17)14-21(26)25-13-20(22(23)27)30-19-9-5-4-8-18(19)25/h2-12,20H,13-14H2,1H3,(H2,23,27)/t20-/m0/s1. The summed E-state index contributed by atoms with van der Waals surface area (Å²) >= 11 is 0. The minimum absolute atomic E-state index is 0.0883. The van der Waals surface area contributed by atoms with Crippen LogP contribution in [-0.4, -0.2) is 50.8 Å². The summed E-state index contributed by atoms with van der Waals surface area (Å²) in [7, 11) is -2.56. The lowest BCUT2D eigenvalue weighted by Gasteiger charge is -2.34. The first-order valence-electron chi connectivity index (χ1n) is 9.58. The number of fused-ring (bicyclic) bond motifs is 2. The summed E-state index contributed by atoms with van der Waals surface area (Å²) in [6.07, 6.45) is -1.01. The summed E-state index contributed by atoms with van der Waals surface area (Å²) in [4.78, 5) is 26.1. The van der Waals surface area contributed by atoms with E-state index in [4.69, 9.17) is 10.5 Å². The van der Waals surface area contributed by atoms with Gasteiger partial charge in [0.15, 0.2) is 6.10 Å². The number of nitrogens with two attached hydrogens (primary N) is 1. The van der Waals surface area contributed by atoms with Gasteiger partial charge in [-0.15, -0.1) is 0 Å². The molecule has 8 nitrogen and oxygen atoms in total. The van der Waals surface area contributed by atoms with Crippen LogP contribution in [-0.2, 0) is 19.6 Å². The largest absolute Gasteiger partial charge is 0.477 e. The first kappa shape index (κ1) is 20.8. The number of para-hydroxylation sites is 2. The highest BCUT2D eigenvalue weighted by Crippen LogP contribution is 2.33. The molecule has 0 bridgehead atoms. The van der Waals surface area contributed by atoms with Gasteiger partial charge in [0.2, 0.25) is 15.9 Å². The molecule has 0 aliphatic carbocycles. The van der Waals surface area contributed by atoms with Crippen LogP contribution in [0.25, 0.3) is 10.8 Å². The van der Waals surface area contributed by atoms with Crippen LogP contribution >= 0.6 is 0 Å². The second-order valence-electron chi connectivity index (χ2n) is 7.25. The predicted octanol–water partition coefficient (Wildman–Crippen LogP) is 1.74. The van der Waals surface area contributed by atoms with Crippen molar-refractivity contribution >= 4 is 38.3 Å². The predicted molar refractivity (Wildman–Crippen MR) is 116 cm³/mol. The van der Waals surface area contributed by atoms with E-state index in [9.17, 15) is 18.0 Å². The average Bonchev–Trinajstić information content (AvgIpc) is 2.77. The molecule has 0 aromatic heterocycles. The highest BCUT2D eigenvalue weighted by molar-refractivity contribution is 7.89. The maximum Gasteiger partial charge on any atom is 0.260 e. The van der Waals surface area contributed by atoms with Gasteiger partial charge in [0.05, 0.1) is 23.7 Å². The minimum Gasteiger partial charge on any atom is -0.477 e. The zero-order valence-electron chi connectivity index (χ0n) is 16.8. The quantitative estimate of drug-likeness (QED) is 0.651. The summed E-state index contributed by atoms with van der Waals surface area (Å²) in [5.41, 5.74) is 5.83. The molecule has 9 heteroatoms. The van der Waals surface area contributed by atoms with Crippen LogP contribution in [0.1, 0.15) is 0 Å². The molecule has 0 saturated heterocycles. The van der Waals surface area contributed by atoms with Crippen LogP contribution < -0.4 is 15.4 Å². The molecule has 0 spiro atoms.